The molecular formula is C21H29NO5. The third-order valence-electron chi connectivity index (χ3n) is 4.21. The molecule has 0 spiro atoms. The highest BCUT2D eigenvalue weighted by atomic mass is 16.7. The van der Waals surface area contributed by atoms with E-state index in [4.69, 9.17) is 14.3 Å². The van der Waals surface area contributed by atoms with E-state index in [2.05, 4.69) is 13.2 Å². The lowest BCUT2D eigenvalue weighted by atomic mass is 9.74. The number of allylic oxidation sites excluding steroid dienone is 1. The highest BCUT2D eigenvalue weighted by Gasteiger charge is 2.59. The normalized spacial score (nSPS) is 20.6. The van der Waals surface area contributed by atoms with Crippen molar-refractivity contribution in [3.05, 3.63) is 55.1 Å². The minimum Gasteiger partial charge on any atom is -0.468 e. The molecule has 0 amide bonds. The monoisotopic (exact) mass is 375 g/mol. The average molecular weight is 375 g/mol. The van der Waals surface area contributed by atoms with Gasteiger partial charge in [-0.1, -0.05) is 29.8 Å². The van der Waals surface area contributed by atoms with Crippen molar-refractivity contribution >= 4 is 17.6 Å². The molecule has 1 heterocycles. The summed E-state index contributed by atoms with van der Waals surface area (Å²) in [6.45, 7) is 13.0. The van der Waals surface area contributed by atoms with Crippen LogP contribution in [-0.2, 0) is 23.9 Å². The van der Waals surface area contributed by atoms with E-state index >= 15 is 0 Å². The van der Waals surface area contributed by atoms with Gasteiger partial charge in [0, 0.05) is 6.42 Å². The van der Waals surface area contributed by atoms with Crippen molar-refractivity contribution in [3.8, 4) is 0 Å². The topological polar surface area (TPSA) is 65.1 Å². The third kappa shape index (κ3) is 4.98. The Morgan fingerprint density at radius 3 is 2.07 bits per heavy atom. The zero-order valence-corrected chi connectivity index (χ0v) is 16.7. The summed E-state index contributed by atoms with van der Waals surface area (Å²) in [7, 11) is 2.51. The lowest BCUT2D eigenvalue weighted by molar-refractivity contribution is -0.182. The van der Waals surface area contributed by atoms with Gasteiger partial charge in [0.1, 0.15) is 6.10 Å². The van der Waals surface area contributed by atoms with Crippen LogP contribution in [0.25, 0.3) is 0 Å². The molecular weight excluding hydrogens is 346 g/mol. The van der Waals surface area contributed by atoms with Crippen LogP contribution in [0.5, 0.6) is 0 Å². The number of anilines is 1. The Labute approximate surface area is 161 Å². The fourth-order valence-corrected chi connectivity index (χ4v) is 2.90. The standard InChI is InChI=1S/C17H21NO5.C4H8/c1-5-14-11-17(15(19)21-3,16(20)22-4)12(2)18(23-14)13-9-7-6-8-10-13;1-4(2)3/h5-10,12,14H,1,11H2,2-4H3;1H2,2-3H3. The van der Waals surface area contributed by atoms with E-state index in [0.29, 0.717) is 0 Å². The molecule has 2 atom stereocenters. The van der Waals surface area contributed by atoms with Crippen molar-refractivity contribution in [2.45, 2.75) is 39.3 Å². The number of rotatable bonds is 4. The minimum atomic E-state index is -1.49. The van der Waals surface area contributed by atoms with Crippen molar-refractivity contribution in [3.63, 3.8) is 0 Å². The van der Waals surface area contributed by atoms with E-state index < -0.39 is 29.5 Å². The Bertz CT molecular complexity index is 650. The number of benzene rings is 1. The average Bonchev–Trinajstić information content (AvgIpc) is 2.67. The molecule has 0 aromatic heterocycles. The van der Waals surface area contributed by atoms with Crippen LogP contribution in [0.2, 0.25) is 0 Å². The highest BCUT2D eigenvalue weighted by Crippen LogP contribution is 2.42. The molecule has 0 bridgehead atoms. The van der Waals surface area contributed by atoms with Crippen LogP contribution in [0.4, 0.5) is 5.69 Å². The van der Waals surface area contributed by atoms with E-state index in [1.807, 2.05) is 44.2 Å². The first kappa shape index (κ1) is 22.4. The number of ether oxygens (including phenoxy) is 2. The quantitative estimate of drug-likeness (QED) is 0.454. The van der Waals surface area contributed by atoms with E-state index in [9.17, 15) is 9.59 Å². The second-order valence-corrected chi connectivity index (χ2v) is 6.58. The van der Waals surface area contributed by atoms with Gasteiger partial charge >= 0.3 is 11.9 Å². The molecule has 0 aliphatic carbocycles. The molecule has 1 aliphatic rings. The smallest absolute Gasteiger partial charge is 0.325 e. The van der Waals surface area contributed by atoms with Gasteiger partial charge in [0.05, 0.1) is 25.9 Å². The predicted octanol–water partition coefficient (Wildman–Crippen LogP) is 3.69. The Balaban J connectivity index is 0.000000828. The summed E-state index contributed by atoms with van der Waals surface area (Å²) in [5, 5.41) is 1.55. The summed E-state index contributed by atoms with van der Waals surface area (Å²) in [5.41, 5.74) is 0.403. The van der Waals surface area contributed by atoms with Crippen LogP contribution < -0.4 is 5.06 Å². The zero-order valence-electron chi connectivity index (χ0n) is 16.7. The van der Waals surface area contributed by atoms with E-state index in [1.54, 1.807) is 18.1 Å². The van der Waals surface area contributed by atoms with Crippen molar-refractivity contribution in [2.24, 2.45) is 5.41 Å². The van der Waals surface area contributed by atoms with Crippen LogP contribution >= 0.6 is 0 Å². The van der Waals surface area contributed by atoms with Crippen LogP contribution in [0, 0.1) is 5.41 Å². The number of hydrogen-bond acceptors (Lipinski definition) is 6. The predicted molar refractivity (Wildman–Crippen MR) is 105 cm³/mol. The van der Waals surface area contributed by atoms with Gasteiger partial charge in [-0.3, -0.25) is 14.4 Å². The zero-order chi connectivity index (χ0) is 20.6. The fraction of sp³-hybridized carbons (Fsp3) is 0.429. The highest BCUT2D eigenvalue weighted by molar-refractivity contribution is 6.01. The maximum atomic E-state index is 12.5. The summed E-state index contributed by atoms with van der Waals surface area (Å²) in [6.07, 6.45) is 1.15. The van der Waals surface area contributed by atoms with E-state index in [0.717, 1.165) is 5.69 Å². The van der Waals surface area contributed by atoms with Gasteiger partial charge in [-0.15, -0.1) is 13.2 Å². The number of para-hydroxylation sites is 1. The van der Waals surface area contributed by atoms with Crippen molar-refractivity contribution < 1.29 is 23.9 Å². The number of methoxy groups -OCH3 is 2. The molecule has 0 saturated carbocycles. The Kier molecular flexibility index (Phi) is 8.25. The number of esters is 2. The molecule has 6 heteroatoms. The summed E-state index contributed by atoms with van der Waals surface area (Å²) in [6, 6.07) is 8.63. The molecule has 0 N–H and O–H groups in total. The van der Waals surface area contributed by atoms with Crippen LogP contribution in [-0.4, -0.2) is 38.3 Å². The first-order chi connectivity index (χ1) is 12.7. The van der Waals surface area contributed by atoms with Gasteiger partial charge in [0.2, 0.25) is 0 Å². The molecule has 1 aliphatic heterocycles. The van der Waals surface area contributed by atoms with E-state index in [-0.39, 0.29) is 6.42 Å². The molecule has 1 fully saturated rings. The maximum Gasteiger partial charge on any atom is 0.325 e. The van der Waals surface area contributed by atoms with Gasteiger partial charge in [0.15, 0.2) is 5.41 Å². The molecule has 1 saturated heterocycles. The molecule has 2 unspecified atom stereocenters. The van der Waals surface area contributed by atoms with Crippen molar-refractivity contribution in [1.82, 2.24) is 0 Å². The number of nitrogens with zero attached hydrogens (tertiary/aromatic N) is 1. The third-order valence-corrected chi connectivity index (χ3v) is 4.21. The van der Waals surface area contributed by atoms with Crippen LogP contribution in [0.15, 0.2) is 55.1 Å². The fourth-order valence-electron chi connectivity index (χ4n) is 2.90. The number of hydrogen-bond donors (Lipinski definition) is 0. The van der Waals surface area contributed by atoms with Gasteiger partial charge in [-0.05, 0) is 32.9 Å². The summed E-state index contributed by atoms with van der Waals surface area (Å²) >= 11 is 0. The largest absolute Gasteiger partial charge is 0.468 e. The maximum absolute atomic E-state index is 12.5. The van der Waals surface area contributed by atoms with Gasteiger partial charge in [-0.2, -0.15) is 0 Å². The molecule has 0 radical (unpaired) electrons. The summed E-state index contributed by atoms with van der Waals surface area (Å²) < 4.78 is 9.81. The Hall–Kier alpha value is -2.60. The number of carbonyl (C=O) groups is 2. The number of hydroxylamine groups is 1. The molecule has 2 rings (SSSR count). The van der Waals surface area contributed by atoms with Gasteiger partial charge in [-0.25, -0.2) is 5.06 Å². The SMILES string of the molecule is C=C(C)C.C=CC1CC(C(=O)OC)(C(=O)OC)C(C)N(c2ccccc2)O1. The minimum absolute atomic E-state index is 0.111. The van der Waals surface area contributed by atoms with Crippen LogP contribution in [0.1, 0.15) is 27.2 Å². The molecule has 6 nitrogen and oxygen atoms in total. The lowest BCUT2D eigenvalue weighted by Gasteiger charge is -2.47. The molecule has 148 valence electrons. The second kappa shape index (κ2) is 9.92. The van der Waals surface area contributed by atoms with Crippen molar-refractivity contribution in [1.29, 1.82) is 0 Å². The van der Waals surface area contributed by atoms with E-state index in [1.165, 1.54) is 19.8 Å². The molecule has 27 heavy (non-hydrogen) atoms. The molecule has 1 aromatic rings. The summed E-state index contributed by atoms with van der Waals surface area (Å²) in [4.78, 5) is 30.9. The van der Waals surface area contributed by atoms with Crippen LogP contribution in [0.3, 0.4) is 0 Å². The first-order valence-electron chi connectivity index (χ1n) is 8.67. The lowest BCUT2D eigenvalue weighted by Crippen LogP contribution is -2.62. The summed E-state index contributed by atoms with van der Waals surface area (Å²) in [5.74, 6) is -1.29. The number of carbonyl (C=O) groups excluding carboxylic acids is 2. The van der Waals surface area contributed by atoms with Gasteiger partial charge < -0.3 is 9.47 Å². The second-order valence-electron chi connectivity index (χ2n) is 6.58. The molecule has 1 aromatic carbocycles. The first-order valence-corrected chi connectivity index (χ1v) is 8.67. The van der Waals surface area contributed by atoms with Gasteiger partial charge in [0.25, 0.3) is 0 Å². The Morgan fingerprint density at radius 1 is 1.19 bits per heavy atom. The van der Waals surface area contributed by atoms with Crippen molar-refractivity contribution in [2.75, 3.05) is 19.3 Å². The Morgan fingerprint density at radius 2 is 1.67 bits per heavy atom.